The highest BCUT2D eigenvalue weighted by Gasteiger charge is 2.16. The molecular formula is C20H22N2O3. The fraction of sp³-hybridized carbons (Fsp3) is 0.250. The van der Waals surface area contributed by atoms with Crippen molar-refractivity contribution in [1.82, 2.24) is 9.88 Å². The Labute approximate surface area is 146 Å². The Bertz CT molecular complexity index is 843. The van der Waals surface area contributed by atoms with E-state index in [1.807, 2.05) is 61.5 Å². The lowest BCUT2D eigenvalue weighted by atomic mass is 10.2. The summed E-state index contributed by atoms with van der Waals surface area (Å²) in [5.74, 6) is 0.638. The molecule has 0 aliphatic carbocycles. The molecular weight excluding hydrogens is 316 g/mol. The number of benzene rings is 2. The zero-order valence-corrected chi connectivity index (χ0v) is 14.2. The monoisotopic (exact) mass is 338 g/mol. The molecule has 0 unspecified atom stereocenters. The Balaban J connectivity index is 1.76. The zero-order valence-electron chi connectivity index (χ0n) is 14.2. The molecule has 0 saturated carbocycles. The SMILES string of the molecule is CCN(CCO)C(=O)c1cc2ccc(OCc3ccccc3)cc2[nH]1. The summed E-state index contributed by atoms with van der Waals surface area (Å²) >= 11 is 0. The largest absolute Gasteiger partial charge is 0.489 e. The van der Waals surface area contributed by atoms with Crippen LogP contribution in [0.1, 0.15) is 23.0 Å². The summed E-state index contributed by atoms with van der Waals surface area (Å²) in [6.45, 7) is 3.23. The van der Waals surface area contributed by atoms with Gasteiger partial charge in [0.25, 0.3) is 5.91 Å². The maximum atomic E-state index is 12.5. The number of H-pyrrole nitrogens is 1. The van der Waals surface area contributed by atoms with Gasteiger partial charge in [-0.05, 0) is 30.7 Å². The number of likely N-dealkylation sites (N-methyl/N-ethyl adjacent to an activating group) is 1. The lowest BCUT2D eigenvalue weighted by Crippen LogP contribution is -2.33. The molecule has 0 atom stereocenters. The van der Waals surface area contributed by atoms with Gasteiger partial charge >= 0.3 is 0 Å². The second-order valence-corrected chi connectivity index (χ2v) is 5.81. The minimum atomic E-state index is -0.112. The number of aromatic nitrogens is 1. The van der Waals surface area contributed by atoms with Gasteiger partial charge in [0, 0.05) is 30.1 Å². The van der Waals surface area contributed by atoms with Crippen LogP contribution >= 0.6 is 0 Å². The number of aromatic amines is 1. The molecule has 0 aliphatic rings. The van der Waals surface area contributed by atoms with Crippen molar-refractivity contribution >= 4 is 16.8 Å². The molecule has 2 aromatic carbocycles. The Morgan fingerprint density at radius 1 is 1.16 bits per heavy atom. The van der Waals surface area contributed by atoms with Crippen LogP contribution < -0.4 is 4.74 Å². The van der Waals surface area contributed by atoms with E-state index in [0.29, 0.717) is 25.4 Å². The number of ether oxygens (including phenoxy) is 1. The third kappa shape index (κ3) is 4.00. The van der Waals surface area contributed by atoms with Crippen LogP contribution in [0.15, 0.2) is 54.6 Å². The van der Waals surface area contributed by atoms with E-state index in [1.54, 1.807) is 4.90 Å². The highest BCUT2D eigenvalue weighted by molar-refractivity contribution is 5.98. The lowest BCUT2D eigenvalue weighted by molar-refractivity contribution is 0.0727. The van der Waals surface area contributed by atoms with E-state index in [-0.39, 0.29) is 12.5 Å². The zero-order chi connectivity index (χ0) is 17.6. The summed E-state index contributed by atoms with van der Waals surface area (Å²) in [5, 5.41) is 10.0. The van der Waals surface area contributed by atoms with E-state index < -0.39 is 0 Å². The van der Waals surface area contributed by atoms with Gasteiger partial charge in [0.05, 0.1) is 6.61 Å². The molecule has 0 spiro atoms. The Hall–Kier alpha value is -2.79. The first-order valence-electron chi connectivity index (χ1n) is 8.41. The molecule has 0 saturated heterocycles. The second-order valence-electron chi connectivity index (χ2n) is 5.81. The van der Waals surface area contributed by atoms with Gasteiger partial charge in [-0.15, -0.1) is 0 Å². The number of aliphatic hydroxyl groups is 1. The average Bonchev–Trinajstić information content (AvgIpc) is 3.08. The van der Waals surface area contributed by atoms with Crippen LogP contribution in [0, 0.1) is 0 Å². The third-order valence-corrected chi connectivity index (χ3v) is 4.11. The Morgan fingerprint density at radius 3 is 2.68 bits per heavy atom. The van der Waals surface area contributed by atoms with Crippen molar-refractivity contribution in [3.63, 3.8) is 0 Å². The van der Waals surface area contributed by atoms with Crippen molar-refractivity contribution in [3.8, 4) is 5.75 Å². The first-order chi connectivity index (χ1) is 12.2. The van der Waals surface area contributed by atoms with Crippen molar-refractivity contribution in [3.05, 3.63) is 65.9 Å². The number of aliphatic hydroxyl groups excluding tert-OH is 1. The standard InChI is InChI=1S/C20H22N2O3/c1-2-22(10-11-23)20(24)19-12-16-8-9-17(13-18(16)21-19)25-14-15-6-4-3-5-7-15/h3-9,12-13,21,23H,2,10-11,14H2,1H3. The molecule has 3 rings (SSSR count). The number of hydrogen-bond donors (Lipinski definition) is 2. The molecule has 1 aromatic heterocycles. The number of carbonyl (C=O) groups is 1. The molecule has 0 radical (unpaired) electrons. The summed E-state index contributed by atoms with van der Waals surface area (Å²) in [6, 6.07) is 17.5. The number of amides is 1. The molecule has 3 aromatic rings. The van der Waals surface area contributed by atoms with Crippen LogP contribution in [-0.4, -0.2) is 40.6 Å². The Morgan fingerprint density at radius 2 is 1.96 bits per heavy atom. The number of nitrogens with zero attached hydrogens (tertiary/aromatic N) is 1. The number of fused-ring (bicyclic) bond motifs is 1. The summed E-state index contributed by atoms with van der Waals surface area (Å²) in [6.07, 6.45) is 0. The summed E-state index contributed by atoms with van der Waals surface area (Å²) in [5.41, 5.74) is 2.48. The van der Waals surface area contributed by atoms with Gasteiger partial charge in [-0.1, -0.05) is 30.3 Å². The summed E-state index contributed by atoms with van der Waals surface area (Å²) in [4.78, 5) is 17.2. The van der Waals surface area contributed by atoms with Crippen LogP contribution in [0.2, 0.25) is 0 Å². The Kier molecular flexibility index (Phi) is 5.36. The molecule has 130 valence electrons. The second kappa shape index (κ2) is 7.85. The lowest BCUT2D eigenvalue weighted by Gasteiger charge is -2.18. The molecule has 1 heterocycles. The van der Waals surface area contributed by atoms with E-state index in [9.17, 15) is 4.79 Å². The van der Waals surface area contributed by atoms with Crippen LogP contribution in [0.3, 0.4) is 0 Å². The maximum Gasteiger partial charge on any atom is 0.270 e. The first-order valence-corrected chi connectivity index (χ1v) is 8.41. The van der Waals surface area contributed by atoms with Crippen LogP contribution in [0.25, 0.3) is 10.9 Å². The number of hydrogen-bond acceptors (Lipinski definition) is 3. The molecule has 5 nitrogen and oxygen atoms in total. The predicted octanol–water partition coefficient (Wildman–Crippen LogP) is 3.20. The normalized spacial score (nSPS) is 10.8. The van der Waals surface area contributed by atoms with Gasteiger partial charge in [0.1, 0.15) is 18.1 Å². The molecule has 0 bridgehead atoms. The van der Waals surface area contributed by atoms with Crippen molar-refractivity contribution in [1.29, 1.82) is 0 Å². The highest BCUT2D eigenvalue weighted by atomic mass is 16.5. The minimum Gasteiger partial charge on any atom is -0.489 e. The van der Waals surface area contributed by atoms with Gasteiger partial charge in [0.2, 0.25) is 0 Å². The van der Waals surface area contributed by atoms with Gasteiger partial charge in [-0.3, -0.25) is 4.79 Å². The van der Waals surface area contributed by atoms with Crippen LogP contribution in [0.4, 0.5) is 0 Å². The van der Waals surface area contributed by atoms with Gasteiger partial charge in [-0.25, -0.2) is 0 Å². The predicted molar refractivity (Wildman–Crippen MR) is 97.7 cm³/mol. The first kappa shape index (κ1) is 17.0. The van der Waals surface area contributed by atoms with Crippen molar-refractivity contribution in [2.24, 2.45) is 0 Å². The van der Waals surface area contributed by atoms with E-state index in [2.05, 4.69) is 4.98 Å². The number of rotatable bonds is 7. The molecule has 5 heteroatoms. The topological polar surface area (TPSA) is 65.6 Å². The maximum absolute atomic E-state index is 12.5. The number of nitrogens with one attached hydrogen (secondary N) is 1. The van der Waals surface area contributed by atoms with Crippen molar-refractivity contribution < 1.29 is 14.6 Å². The van der Waals surface area contributed by atoms with E-state index in [1.165, 1.54) is 0 Å². The molecule has 0 aliphatic heterocycles. The van der Waals surface area contributed by atoms with Gasteiger partial charge < -0.3 is 19.7 Å². The van der Waals surface area contributed by atoms with Crippen molar-refractivity contribution in [2.45, 2.75) is 13.5 Å². The van der Waals surface area contributed by atoms with Crippen molar-refractivity contribution in [2.75, 3.05) is 19.7 Å². The van der Waals surface area contributed by atoms with Crippen LogP contribution in [-0.2, 0) is 6.61 Å². The third-order valence-electron chi connectivity index (χ3n) is 4.11. The fourth-order valence-electron chi connectivity index (χ4n) is 2.75. The van der Waals surface area contributed by atoms with E-state index in [0.717, 1.165) is 22.2 Å². The summed E-state index contributed by atoms with van der Waals surface area (Å²) in [7, 11) is 0. The van der Waals surface area contributed by atoms with E-state index in [4.69, 9.17) is 9.84 Å². The molecule has 0 fully saturated rings. The van der Waals surface area contributed by atoms with E-state index >= 15 is 0 Å². The minimum absolute atomic E-state index is 0.0444. The smallest absolute Gasteiger partial charge is 0.270 e. The molecule has 25 heavy (non-hydrogen) atoms. The quantitative estimate of drug-likeness (QED) is 0.695. The fourth-order valence-corrected chi connectivity index (χ4v) is 2.75. The molecule has 2 N–H and O–H groups in total. The summed E-state index contributed by atoms with van der Waals surface area (Å²) < 4.78 is 5.83. The average molecular weight is 338 g/mol. The van der Waals surface area contributed by atoms with Crippen LogP contribution in [0.5, 0.6) is 5.75 Å². The highest BCUT2D eigenvalue weighted by Crippen LogP contribution is 2.23. The number of carbonyl (C=O) groups excluding carboxylic acids is 1. The molecule has 1 amide bonds. The van der Waals surface area contributed by atoms with Gasteiger partial charge in [0.15, 0.2) is 0 Å². The van der Waals surface area contributed by atoms with Gasteiger partial charge in [-0.2, -0.15) is 0 Å².